The summed E-state index contributed by atoms with van der Waals surface area (Å²) in [6.45, 7) is 4.58. The first-order valence-electron chi connectivity index (χ1n) is 15.3. The van der Waals surface area contributed by atoms with E-state index in [0.29, 0.717) is 45.2 Å². The Bertz CT molecular complexity index is 2510. The van der Waals surface area contributed by atoms with Crippen LogP contribution < -0.4 is 4.74 Å². The second-order valence-electron chi connectivity index (χ2n) is 12.3. The van der Waals surface area contributed by atoms with Crippen LogP contribution in [-0.4, -0.2) is 21.6 Å². The second-order valence-corrected chi connectivity index (χ2v) is 12.3. The summed E-state index contributed by atoms with van der Waals surface area (Å²) in [4.78, 5) is 10.5. The zero-order valence-corrected chi connectivity index (χ0v) is 25.5. The van der Waals surface area contributed by atoms with Crippen LogP contribution in [0.15, 0.2) is 120 Å². The van der Waals surface area contributed by atoms with Crippen molar-refractivity contribution < 1.29 is 13.5 Å². The van der Waals surface area contributed by atoms with Crippen molar-refractivity contribution in [3.05, 3.63) is 132 Å². The number of fused-ring (bicyclic) bond motifs is 8. The van der Waals surface area contributed by atoms with Gasteiger partial charge in [0.1, 0.15) is 17.0 Å². The lowest BCUT2D eigenvalue weighted by Crippen LogP contribution is -2.14. The Morgan fingerprint density at radius 2 is 1.41 bits per heavy atom. The smallest absolute Gasteiger partial charge is 0.236 e. The predicted octanol–water partition coefficient (Wildman–Crippen LogP) is 10.1. The first kappa shape index (κ1) is 26.6. The van der Waals surface area contributed by atoms with Gasteiger partial charge in [0, 0.05) is 33.1 Å². The van der Waals surface area contributed by atoms with E-state index in [4.69, 9.17) is 19.1 Å². The highest BCUT2D eigenvalue weighted by atomic mass is 19.1. The fourth-order valence-corrected chi connectivity index (χ4v) is 7.36. The third-order valence-corrected chi connectivity index (χ3v) is 9.40. The average Bonchev–Trinajstić information content (AvgIpc) is 3.71. The molecule has 0 N–H and O–H groups in total. The molecular formula is C40H28FN3O2. The number of halogens is 1. The molecule has 1 aliphatic rings. The maximum atomic E-state index is 15.0. The molecule has 0 fully saturated rings. The van der Waals surface area contributed by atoms with E-state index >= 15 is 0 Å². The summed E-state index contributed by atoms with van der Waals surface area (Å²) < 4.78 is 29.7. The molecule has 46 heavy (non-hydrogen) atoms. The topological polar surface area (TPSA) is 53.1 Å². The summed E-state index contributed by atoms with van der Waals surface area (Å²) in [5.74, 6) is 0.667. The summed E-state index contributed by atoms with van der Waals surface area (Å²) in [6.07, 6.45) is 0. The number of benzene rings is 5. The van der Waals surface area contributed by atoms with E-state index in [1.807, 2.05) is 48.5 Å². The molecule has 3 heterocycles. The standard InChI is InChI=1S/C40H28FN3O2/c1-40(2)29-18-10-7-16-26(29)35-32(40)27-17-9-12-20-31(27)44(35)39-42-33(23-13-5-4-6-14-23)38-34(43-39)28-22-21-25(36(45-3)37(28)46-38)24-15-8-11-19-30(24)41/h4-22H,1-3H3. The Morgan fingerprint density at radius 3 is 2.22 bits per heavy atom. The lowest BCUT2D eigenvalue weighted by Gasteiger charge is -2.21. The van der Waals surface area contributed by atoms with Crippen LogP contribution in [0.4, 0.5) is 4.39 Å². The molecule has 0 aliphatic heterocycles. The lowest BCUT2D eigenvalue weighted by molar-refractivity contribution is 0.413. The molecule has 0 unspecified atom stereocenters. The van der Waals surface area contributed by atoms with E-state index in [1.165, 1.54) is 28.1 Å². The number of ether oxygens (including phenoxy) is 1. The van der Waals surface area contributed by atoms with Gasteiger partial charge in [-0.15, -0.1) is 0 Å². The number of methoxy groups -OCH3 is 1. The third kappa shape index (κ3) is 3.55. The molecule has 222 valence electrons. The number of rotatable bonds is 4. The van der Waals surface area contributed by atoms with E-state index in [-0.39, 0.29) is 11.2 Å². The van der Waals surface area contributed by atoms with Gasteiger partial charge in [-0.05, 0) is 35.4 Å². The van der Waals surface area contributed by atoms with Gasteiger partial charge in [0.25, 0.3) is 0 Å². The Hall–Kier alpha value is -5.75. The summed E-state index contributed by atoms with van der Waals surface area (Å²) in [5.41, 5.74) is 9.98. The molecule has 1 aliphatic carbocycles. The van der Waals surface area contributed by atoms with Crippen molar-refractivity contribution in [3.8, 4) is 45.3 Å². The van der Waals surface area contributed by atoms with Crippen molar-refractivity contribution in [1.82, 2.24) is 14.5 Å². The van der Waals surface area contributed by atoms with Gasteiger partial charge in [-0.3, -0.25) is 4.57 Å². The van der Waals surface area contributed by atoms with Crippen LogP contribution in [0.2, 0.25) is 0 Å². The highest BCUT2D eigenvalue weighted by Crippen LogP contribution is 2.53. The number of nitrogens with zero attached hydrogens (tertiary/aromatic N) is 3. The molecular weight excluding hydrogens is 573 g/mol. The summed E-state index contributed by atoms with van der Waals surface area (Å²) >= 11 is 0. The average molecular weight is 602 g/mol. The first-order chi connectivity index (χ1) is 22.5. The molecule has 0 bridgehead atoms. The van der Waals surface area contributed by atoms with Crippen molar-refractivity contribution in [1.29, 1.82) is 0 Å². The van der Waals surface area contributed by atoms with Gasteiger partial charge in [-0.2, -0.15) is 0 Å². The molecule has 0 radical (unpaired) electrons. The molecule has 0 saturated heterocycles. The van der Waals surface area contributed by atoms with Crippen LogP contribution in [0.25, 0.3) is 72.6 Å². The zero-order chi connectivity index (χ0) is 31.2. The van der Waals surface area contributed by atoms with Crippen molar-refractivity contribution in [2.24, 2.45) is 0 Å². The maximum Gasteiger partial charge on any atom is 0.236 e. The number of hydrogen-bond acceptors (Lipinski definition) is 4. The molecule has 8 aromatic rings. The SMILES string of the molecule is COc1c(-c2ccccc2F)ccc2c1oc1c(-c3ccccc3)nc(-n3c4c(c5ccccc53)C(C)(C)c3ccccc3-4)nc12. The Kier molecular flexibility index (Phi) is 5.57. The summed E-state index contributed by atoms with van der Waals surface area (Å²) in [6, 6.07) is 37.6. The fraction of sp³-hybridized carbons (Fsp3) is 0.100. The minimum absolute atomic E-state index is 0.206. The molecule has 6 heteroatoms. The van der Waals surface area contributed by atoms with Gasteiger partial charge in [0.2, 0.25) is 5.95 Å². The number of hydrogen-bond donors (Lipinski definition) is 0. The molecule has 0 spiro atoms. The molecule has 5 aromatic carbocycles. The molecule has 0 amide bonds. The van der Waals surface area contributed by atoms with Crippen molar-refractivity contribution in [2.75, 3.05) is 7.11 Å². The van der Waals surface area contributed by atoms with Gasteiger partial charge < -0.3 is 9.15 Å². The van der Waals surface area contributed by atoms with E-state index in [0.717, 1.165) is 22.2 Å². The predicted molar refractivity (Wildman–Crippen MR) is 181 cm³/mol. The fourth-order valence-electron chi connectivity index (χ4n) is 7.36. The van der Waals surface area contributed by atoms with E-state index in [2.05, 4.69) is 66.9 Å². The third-order valence-electron chi connectivity index (χ3n) is 9.40. The summed E-state index contributed by atoms with van der Waals surface area (Å²) in [7, 11) is 1.58. The van der Waals surface area contributed by atoms with E-state index in [9.17, 15) is 4.39 Å². The van der Waals surface area contributed by atoms with Crippen LogP contribution >= 0.6 is 0 Å². The number of furan rings is 1. The van der Waals surface area contributed by atoms with E-state index < -0.39 is 0 Å². The molecule has 0 saturated carbocycles. The molecule has 3 aromatic heterocycles. The van der Waals surface area contributed by atoms with Gasteiger partial charge in [0.05, 0.1) is 23.7 Å². The largest absolute Gasteiger partial charge is 0.492 e. The molecule has 5 nitrogen and oxygen atoms in total. The van der Waals surface area contributed by atoms with Gasteiger partial charge >= 0.3 is 0 Å². The zero-order valence-electron chi connectivity index (χ0n) is 25.5. The number of aromatic nitrogens is 3. The van der Waals surface area contributed by atoms with Crippen LogP contribution in [0.1, 0.15) is 25.0 Å². The monoisotopic (exact) mass is 601 g/mol. The van der Waals surface area contributed by atoms with E-state index in [1.54, 1.807) is 19.2 Å². The van der Waals surface area contributed by atoms with Crippen molar-refractivity contribution >= 4 is 33.0 Å². The van der Waals surface area contributed by atoms with Crippen molar-refractivity contribution in [2.45, 2.75) is 19.3 Å². The lowest BCUT2D eigenvalue weighted by atomic mass is 9.81. The van der Waals surface area contributed by atoms with Crippen LogP contribution in [0, 0.1) is 5.82 Å². The summed E-state index contributed by atoms with van der Waals surface area (Å²) in [5, 5.41) is 1.94. The molecule has 9 rings (SSSR count). The minimum atomic E-state index is -0.333. The highest BCUT2D eigenvalue weighted by Gasteiger charge is 2.41. The second kappa shape index (κ2) is 9.62. The van der Waals surface area contributed by atoms with Crippen molar-refractivity contribution in [3.63, 3.8) is 0 Å². The molecule has 0 atom stereocenters. The van der Waals surface area contributed by atoms with Crippen LogP contribution in [-0.2, 0) is 5.41 Å². The Labute approximate surface area is 264 Å². The van der Waals surface area contributed by atoms with Crippen LogP contribution in [0.5, 0.6) is 5.75 Å². The minimum Gasteiger partial charge on any atom is -0.492 e. The maximum absolute atomic E-state index is 15.0. The Balaban J connectivity index is 1.41. The Morgan fingerprint density at radius 1 is 0.696 bits per heavy atom. The quantitative estimate of drug-likeness (QED) is 0.201. The normalized spacial score (nSPS) is 13.4. The van der Waals surface area contributed by atoms with Gasteiger partial charge in [-0.1, -0.05) is 105 Å². The number of para-hydroxylation sites is 1. The first-order valence-corrected chi connectivity index (χ1v) is 15.3. The van der Waals surface area contributed by atoms with Gasteiger partial charge in [-0.25, -0.2) is 14.4 Å². The van der Waals surface area contributed by atoms with Gasteiger partial charge in [0.15, 0.2) is 16.9 Å². The highest BCUT2D eigenvalue weighted by molar-refractivity contribution is 6.10. The van der Waals surface area contributed by atoms with Crippen LogP contribution in [0.3, 0.4) is 0 Å².